The van der Waals surface area contributed by atoms with Gasteiger partial charge in [0, 0.05) is 0 Å². The van der Waals surface area contributed by atoms with Crippen molar-refractivity contribution >= 4 is 0 Å². The smallest absolute Gasteiger partial charge is 0.119 e. The van der Waals surface area contributed by atoms with E-state index in [1.807, 2.05) is 12.1 Å². The lowest BCUT2D eigenvalue weighted by molar-refractivity contribution is 0.201. The van der Waals surface area contributed by atoms with Crippen LogP contribution < -0.4 is 4.74 Å². The SMILES string of the molecule is CCCCCC(C)(C)c1ccc(OCCO)cc1. The molecule has 0 aromatic heterocycles. The number of benzene rings is 1. The van der Waals surface area contributed by atoms with Gasteiger partial charge in [0.15, 0.2) is 0 Å². The number of ether oxygens (including phenoxy) is 1. The maximum absolute atomic E-state index is 8.71. The molecule has 0 atom stereocenters. The normalized spacial score (nSPS) is 11.6. The summed E-state index contributed by atoms with van der Waals surface area (Å²) in [5.41, 5.74) is 1.58. The maximum atomic E-state index is 8.71. The Morgan fingerprint density at radius 2 is 1.78 bits per heavy atom. The second-order valence-electron chi connectivity index (χ2n) is 5.44. The van der Waals surface area contributed by atoms with Crippen molar-refractivity contribution in [1.82, 2.24) is 0 Å². The summed E-state index contributed by atoms with van der Waals surface area (Å²) in [4.78, 5) is 0. The van der Waals surface area contributed by atoms with Crippen molar-refractivity contribution in [2.75, 3.05) is 13.2 Å². The van der Waals surface area contributed by atoms with E-state index in [4.69, 9.17) is 9.84 Å². The molecule has 1 aromatic rings. The van der Waals surface area contributed by atoms with Crippen molar-refractivity contribution in [3.8, 4) is 5.75 Å². The van der Waals surface area contributed by atoms with Crippen molar-refractivity contribution in [3.05, 3.63) is 29.8 Å². The Morgan fingerprint density at radius 3 is 2.33 bits per heavy atom. The molecule has 2 heteroatoms. The van der Waals surface area contributed by atoms with Crippen LogP contribution in [0.2, 0.25) is 0 Å². The highest BCUT2D eigenvalue weighted by atomic mass is 16.5. The van der Waals surface area contributed by atoms with E-state index in [-0.39, 0.29) is 12.0 Å². The minimum Gasteiger partial charge on any atom is -0.491 e. The quantitative estimate of drug-likeness (QED) is 0.709. The van der Waals surface area contributed by atoms with Gasteiger partial charge < -0.3 is 9.84 Å². The minimum atomic E-state index is 0.0598. The molecule has 0 spiro atoms. The molecule has 0 saturated carbocycles. The summed E-state index contributed by atoms with van der Waals surface area (Å²) in [6.45, 7) is 7.25. The summed E-state index contributed by atoms with van der Waals surface area (Å²) in [7, 11) is 0. The summed E-state index contributed by atoms with van der Waals surface area (Å²) in [5.74, 6) is 0.831. The van der Waals surface area contributed by atoms with Crippen molar-refractivity contribution in [3.63, 3.8) is 0 Å². The molecule has 0 unspecified atom stereocenters. The van der Waals surface area contributed by atoms with Crippen molar-refractivity contribution < 1.29 is 9.84 Å². The third-order valence-electron chi connectivity index (χ3n) is 3.40. The Hall–Kier alpha value is -1.02. The first-order valence-electron chi connectivity index (χ1n) is 6.94. The molecule has 102 valence electrons. The van der Waals surface area contributed by atoms with E-state index in [1.165, 1.54) is 31.2 Å². The molecule has 18 heavy (non-hydrogen) atoms. The standard InChI is InChI=1S/C16H26O2/c1-4-5-6-11-16(2,3)14-7-9-15(10-8-14)18-13-12-17/h7-10,17H,4-6,11-13H2,1-3H3. The fourth-order valence-corrected chi connectivity index (χ4v) is 2.13. The molecule has 0 aliphatic heterocycles. The molecule has 0 saturated heterocycles. The van der Waals surface area contributed by atoms with Gasteiger partial charge in [-0.05, 0) is 29.5 Å². The summed E-state index contributed by atoms with van der Waals surface area (Å²) in [6.07, 6.45) is 5.08. The van der Waals surface area contributed by atoms with E-state index in [2.05, 4.69) is 32.9 Å². The summed E-state index contributed by atoms with van der Waals surface area (Å²) >= 11 is 0. The van der Waals surface area contributed by atoms with Crippen LogP contribution in [0.3, 0.4) is 0 Å². The van der Waals surface area contributed by atoms with Crippen molar-refractivity contribution in [2.24, 2.45) is 0 Å². The molecule has 0 amide bonds. The average Bonchev–Trinajstić information content (AvgIpc) is 2.37. The number of aliphatic hydroxyl groups excluding tert-OH is 1. The van der Waals surface area contributed by atoms with Crippen LogP contribution in [-0.2, 0) is 5.41 Å². The van der Waals surface area contributed by atoms with Gasteiger partial charge in [0.2, 0.25) is 0 Å². The van der Waals surface area contributed by atoms with Crippen molar-refractivity contribution in [2.45, 2.75) is 51.9 Å². The first kappa shape index (κ1) is 15.0. The maximum Gasteiger partial charge on any atom is 0.119 e. The van der Waals surface area contributed by atoms with Crippen LogP contribution in [0.4, 0.5) is 0 Å². The van der Waals surface area contributed by atoms with Crippen LogP contribution in [0.15, 0.2) is 24.3 Å². The Labute approximate surface area is 111 Å². The molecule has 0 aliphatic carbocycles. The molecule has 0 bridgehead atoms. The van der Waals surface area contributed by atoms with Crippen LogP contribution >= 0.6 is 0 Å². The first-order valence-corrected chi connectivity index (χ1v) is 6.94. The van der Waals surface area contributed by atoms with Crippen LogP contribution in [0, 0.1) is 0 Å². The molecule has 0 fully saturated rings. The van der Waals surface area contributed by atoms with Crippen LogP contribution in [0.5, 0.6) is 5.75 Å². The Kier molecular flexibility index (Phi) is 6.20. The van der Waals surface area contributed by atoms with E-state index >= 15 is 0 Å². The monoisotopic (exact) mass is 250 g/mol. The lowest BCUT2D eigenvalue weighted by atomic mass is 9.80. The lowest BCUT2D eigenvalue weighted by Gasteiger charge is -2.25. The predicted octanol–water partition coefficient (Wildman–Crippen LogP) is 3.92. The highest BCUT2D eigenvalue weighted by Gasteiger charge is 2.19. The Morgan fingerprint density at radius 1 is 1.11 bits per heavy atom. The third kappa shape index (κ3) is 4.69. The van der Waals surface area contributed by atoms with Crippen LogP contribution in [-0.4, -0.2) is 18.3 Å². The van der Waals surface area contributed by atoms with E-state index in [9.17, 15) is 0 Å². The van der Waals surface area contributed by atoms with Gasteiger partial charge in [-0.3, -0.25) is 0 Å². The van der Waals surface area contributed by atoms with Crippen molar-refractivity contribution in [1.29, 1.82) is 0 Å². The van der Waals surface area contributed by atoms with Gasteiger partial charge in [0.05, 0.1) is 6.61 Å². The van der Waals surface area contributed by atoms with Gasteiger partial charge in [-0.2, -0.15) is 0 Å². The molecule has 0 radical (unpaired) electrons. The number of aliphatic hydroxyl groups is 1. The Balaban J connectivity index is 2.59. The third-order valence-corrected chi connectivity index (χ3v) is 3.40. The summed E-state index contributed by atoms with van der Waals surface area (Å²) < 4.78 is 5.37. The molecular weight excluding hydrogens is 224 g/mol. The molecular formula is C16H26O2. The van der Waals surface area contributed by atoms with Gasteiger partial charge in [-0.1, -0.05) is 52.2 Å². The topological polar surface area (TPSA) is 29.5 Å². The highest BCUT2D eigenvalue weighted by Crippen LogP contribution is 2.30. The fraction of sp³-hybridized carbons (Fsp3) is 0.625. The van der Waals surface area contributed by atoms with E-state index in [1.54, 1.807) is 0 Å². The van der Waals surface area contributed by atoms with Gasteiger partial charge in [-0.15, -0.1) is 0 Å². The van der Waals surface area contributed by atoms with Gasteiger partial charge in [-0.25, -0.2) is 0 Å². The number of unbranched alkanes of at least 4 members (excludes halogenated alkanes) is 2. The van der Waals surface area contributed by atoms with Gasteiger partial charge >= 0.3 is 0 Å². The van der Waals surface area contributed by atoms with Crippen LogP contribution in [0.1, 0.15) is 52.0 Å². The number of hydrogen-bond acceptors (Lipinski definition) is 2. The summed E-state index contributed by atoms with van der Waals surface area (Å²) in [5, 5.41) is 8.71. The van der Waals surface area contributed by atoms with Gasteiger partial charge in [0.25, 0.3) is 0 Å². The first-order chi connectivity index (χ1) is 8.60. The Bertz CT molecular complexity index is 327. The molecule has 0 heterocycles. The highest BCUT2D eigenvalue weighted by molar-refractivity contribution is 5.31. The molecule has 1 aromatic carbocycles. The largest absolute Gasteiger partial charge is 0.491 e. The number of hydrogen-bond donors (Lipinski definition) is 1. The lowest BCUT2D eigenvalue weighted by Crippen LogP contribution is -2.16. The molecule has 2 nitrogen and oxygen atoms in total. The van der Waals surface area contributed by atoms with Crippen LogP contribution in [0.25, 0.3) is 0 Å². The average molecular weight is 250 g/mol. The predicted molar refractivity (Wildman–Crippen MR) is 76.2 cm³/mol. The zero-order valence-electron chi connectivity index (χ0n) is 11.9. The van der Waals surface area contributed by atoms with E-state index < -0.39 is 0 Å². The summed E-state index contributed by atoms with van der Waals surface area (Å²) in [6, 6.07) is 8.26. The molecule has 1 N–H and O–H groups in total. The van der Waals surface area contributed by atoms with E-state index in [0.717, 1.165) is 5.75 Å². The fourth-order valence-electron chi connectivity index (χ4n) is 2.13. The molecule has 1 rings (SSSR count). The van der Waals surface area contributed by atoms with Gasteiger partial charge in [0.1, 0.15) is 12.4 Å². The number of rotatable bonds is 8. The minimum absolute atomic E-state index is 0.0598. The van der Waals surface area contributed by atoms with E-state index in [0.29, 0.717) is 6.61 Å². The zero-order chi connectivity index (χ0) is 13.4. The second kappa shape index (κ2) is 7.42. The molecule has 0 aliphatic rings. The second-order valence-corrected chi connectivity index (χ2v) is 5.44. The zero-order valence-corrected chi connectivity index (χ0v) is 11.9.